The third-order valence-corrected chi connectivity index (χ3v) is 4.24. The quantitative estimate of drug-likeness (QED) is 0.155. The maximum absolute atomic E-state index is 12.0. The van der Waals surface area contributed by atoms with Crippen LogP contribution in [0.4, 0.5) is 0 Å². The third-order valence-electron chi connectivity index (χ3n) is 3.86. The number of carbonyl (C=O) groups excluding carboxylic acids is 2. The number of ether oxygens (including phenoxy) is 2. The van der Waals surface area contributed by atoms with Gasteiger partial charge in [-0.05, 0) is 47.5 Å². The fourth-order valence-electron chi connectivity index (χ4n) is 2.43. The zero-order valence-corrected chi connectivity index (χ0v) is 21.5. The Morgan fingerprint density at radius 1 is 0.906 bits per heavy atom. The van der Waals surface area contributed by atoms with Crippen molar-refractivity contribution >= 4 is 34.1 Å². The molecule has 32 heavy (non-hydrogen) atoms. The summed E-state index contributed by atoms with van der Waals surface area (Å²) in [5.41, 5.74) is 1.07. The topological polar surface area (TPSA) is 139 Å². The van der Waals surface area contributed by atoms with Crippen molar-refractivity contribution in [3.05, 3.63) is 59.7 Å². The van der Waals surface area contributed by atoms with E-state index in [1.54, 1.807) is 12.1 Å². The van der Waals surface area contributed by atoms with E-state index in [1.807, 2.05) is 0 Å². The molecule has 0 saturated carbocycles. The molecule has 9 nitrogen and oxygen atoms in total. The van der Waals surface area contributed by atoms with E-state index in [4.69, 9.17) is 9.47 Å². The van der Waals surface area contributed by atoms with Crippen molar-refractivity contribution in [3.8, 4) is 23.0 Å². The second-order valence-electron chi connectivity index (χ2n) is 6.11. The second kappa shape index (κ2) is 12.9. The van der Waals surface area contributed by atoms with Gasteiger partial charge in [0.15, 0.2) is 34.6 Å². The van der Waals surface area contributed by atoms with Gasteiger partial charge in [0, 0.05) is 0 Å². The summed E-state index contributed by atoms with van der Waals surface area (Å²) in [6.45, 7) is 0. The number of hydrogen-bond acceptors (Lipinski definition) is 9. The molecule has 2 aromatic carbocycles. The van der Waals surface area contributed by atoms with Crippen LogP contribution in [0, 0.1) is 0 Å². The van der Waals surface area contributed by atoms with Gasteiger partial charge in [-0.15, -0.1) is 0 Å². The predicted molar refractivity (Wildman–Crippen MR) is 111 cm³/mol. The summed E-state index contributed by atoms with van der Waals surface area (Å²) in [5, 5.41) is 9.56. The standard InChI is InChI=1S/C21H20O9S.K/c1-28-20-11-14(5-9-18(20)24)3-7-16(22)13-17(23)8-4-15-6-10-19(21(12-15)29-2)30-31(25,26)27;/h3-12,24H,13H2,1-2H3,(H,25,26,27);/q;+1/p-1/b7-3+,8-4+;. The van der Waals surface area contributed by atoms with Crippen LogP contribution in [-0.4, -0.2) is 43.9 Å². The molecule has 0 saturated heterocycles. The van der Waals surface area contributed by atoms with E-state index in [1.165, 1.54) is 62.8 Å². The minimum Gasteiger partial charge on any atom is -0.716 e. The van der Waals surface area contributed by atoms with Gasteiger partial charge in [0.25, 0.3) is 10.4 Å². The monoisotopic (exact) mass is 486 g/mol. The minimum absolute atomic E-state index is 0. The Morgan fingerprint density at radius 2 is 1.41 bits per heavy atom. The van der Waals surface area contributed by atoms with Gasteiger partial charge in [0.05, 0.1) is 20.6 Å². The first-order valence-electron chi connectivity index (χ1n) is 8.73. The minimum atomic E-state index is -4.96. The van der Waals surface area contributed by atoms with Crippen molar-refractivity contribution in [1.82, 2.24) is 0 Å². The molecule has 11 heteroatoms. The Hall–Kier alpha value is -1.99. The van der Waals surface area contributed by atoms with Crippen LogP contribution in [-0.2, 0) is 20.0 Å². The number of ketones is 2. The average Bonchev–Trinajstić information content (AvgIpc) is 2.71. The van der Waals surface area contributed by atoms with Gasteiger partial charge >= 0.3 is 51.4 Å². The van der Waals surface area contributed by atoms with E-state index >= 15 is 0 Å². The number of benzene rings is 2. The van der Waals surface area contributed by atoms with Crippen LogP contribution in [0.3, 0.4) is 0 Å². The summed E-state index contributed by atoms with van der Waals surface area (Å²) in [5.74, 6) is -0.960. The van der Waals surface area contributed by atoms with Crippen molar-refractivity contribution in [1.29, 1.82) is 0 Å². The van der Waals surface area contributed by atoms with Crippen molar-refractivity contribution < 1.29 is 92.7 Å². The van der Waals surface area contributed by atoms with Gasteiger partial charge < -0.3 is 23.3 Å². The van der Waals surface area contributed by atoms with Crippen molar-refractivity contribution in [2.75, 3.05) is 14.2 Å². The maximum atomic E-state index is 12.0. The van der Waals surface area contributed by atoms with Crippen molar-refractivity contribution in [3.63, 3.8) is 0 Å². The Bertz CT molecular complexity index is 1140. The normalized spacial score (nSPS) is 11.2. The first-order valence-corrected chi connectivity index (χ1v) is 10.1. The van der Waals surface area contributed by atoms with Gasteiger partial charge in [-0.25, -0.2) is 8.42 Å². The van der Waals surface area contributed by atoms with E-state index < -0.39 is 22.0 Å². The summed E-state index contributed by atoms with van der Waals surface area (Å²) in [4.78, 5) is 24.0. The molecular formula is C21H19KO9S. The molecule has 0 unspecified atom stereocenters. The van der Waals surface area contributed by atoms with Crippen LogP contribution >= 0.6 is 0 Å². The van der Waals surface area contributed by atoms with Crippen LogP contribution in [0.15, 0.2) is 48.6 Å². The number of phenolic OH excluding ortho intramolecular Hbond substituents is 1. The van der Waals surface area contributed by atoms with Crippen molar-refractivity contribution in [2.45, 2.75) is 6.42 Å². The van der Waals surface area contributed by atoms with Crippen LogP contribution < -0.4 is 65.0 Å². The number of phenols is 1. The van der Waals surface area contributed by atoms with Gasteiger partial charge in [-0.2, -0.15) is 0 Å². The van der Waals surface area contributed by atoms with Crippen LogP contribution in [0.25, 0.3) is 12.2 Å². The van der Waals surface area contributed by atoms with Crippen LogP contribution in [0.1, 0.15) is 17.5 Å². The SMILES string of the molecule is COc1cc(/C=C/C(=O)CC(=O)/C=C/c2ccc(OS(=O)(=O)[O-])c(OC)c2)ccc1O.[K+]. The van der Waals surface area contributed by atoms with E-state index in [9.17, 15) is 27.7 Å². The predicted octanol–water partition coefficient (Wildman–Crippen LogP) is -0.493. The van der Waals surface area contributed by atoms with E-state index in [2.05, 4.69) is 4.18 Å². The molecule has 0 fully saturated rings. The number of rotatable bonds is 10. The average molecular weight is 487 g/mol. The first-order chi connectivity index (χ1) is 14.6. The Balaban J connectivity index is 0.00000512. The van der Waals surface area contributed by atoms with Crippen LogP contribution in [0.2, 0.25) is 0 Å². The number of carbonyl (C=O) groups is 2. The Labute approximate surface area is 228 Å². The summed E-state index contributed by atoms with van der Waals surface area (Å²) >= 11 is 0. The fraction of sp³-hybridized carbons (Fsp3) is 0.143. The third kappa shape index (κ3) is 9.24. The molecule has 0 spiro atoms. The Morgan fingerprint density at radius 3 is 1.91 bits per heavy atom. The Kier molecular flexibility index (Phi) is 11.3. The molecular weight excluding hydrogens is 467 g/mol. The molecule has 164 valence electrons. The smallest absolute Gasteiger partial charge is 0.716 e. The van der Waals surface area contributed by atoms with Crippen LogP contribution in [0.5, 0.6) is 23.0 Å². The number of allylic oxidation sites excluding steroid dienone is 2. The number of hydrogen-bond donors (Lipinski definition) is 1. The summed E-state index contributed by atoms with van der Waals surface area (Å²) < 4.78 is 46.4. The van der Waals surface area contributed by atoms with Crippen molar-refractivity contribution in [2.24, 2.45) is 0 Å². The summed E-state index contributed by atoms with van der Waals surface area (Å²) in [6.07, 6.45) is 4.97. The molecule has 0 atom stereocenters. The second-order valence-corrected chi connectivity index (χ2v) is 7.09. The molecule has 0 bridgehead atoms. The molecule has 0 amide bonds. The summed E-state index contributed by atoms with van der Waals surface area (Å²) in [7, 11) is -2.30. The number of methoxy groups -OCH3 is 2. The maximum Gasteiger partial charge on any atom is 1.00 e. The van der Waals surface area contributed by atoms with Gasteiger partial charge in [0.2, 0.25) is 0 Å². The molecule has 0 heterocycles. The number of aromatic hydroxyl groups is 1. The molecule has 2 aromatic rings. The largest absolute Gasteiger partial charge is 1.00 e. The van der Waals surface area contributed by atoms with E-state index in [-0.39, 0.29) is 80.8 Å². The van der Waals surface area contributed by atoms with E-state index in [0.29, 0.717) is 11.1 Å². The molecule has 0 radical (unpaired) electrons. The molecule has 0 aliphatic heterocycles. The zero-order chi connectivity index (χ0) is 23.0. The molecule has 0 aliphatic carbocycles. The first kappa shape index (κ1) is 28.0. The summed E-state index contributed by atoms with van der Waals surface area (Å²) in [6, 6.07) is 8.53. The fourth-order valence-corrected chi connectivity index (χ4v) is 2.79. The molecule has 2 rings (SSSR count). The zero-order valence-electron chi connectivity index (χ0n) is 17.6. The molecule has 0 aliphatic rings. The van der Waals surface area contributed by atoms with Gasteiger partial charge in [0.1, 0.15) is 0 Å². The van der Waals surface area contributed by atoms with E-state index in [0.717, 1.165) is 0 Å². The van der Waals surface area contributed by atoms with Gasteiger partial charge in [-0.3, -0.25) is 9.59 Å². The van der Waals surface area contributed by atoms with Gasteiger partial charge in [-0.1, -0.05) is 24.3 Å². The molecule has 1 N–H and O–H groups in total. The molecule has 0 aromatic heterocycles.